The molecule has 0 radical (unpaired) electrons. The summed E-state index contributed by atoms with van der Waals surface area (Å²) in [5, 5.41) is 14.2. The number of hydrogen-bond acceptors (Lipinski definition) is 9. The molecule has 0 fully saturated rings. The largest absolute Gasteiger partial charge is 0.497 e. The molecule has 4 rings (SSSR count). The van der Waals surface area contributed by atoms with E-state index in [0.29, 0.717) is 33.9 Å². The van der Waals surface area contributed by atoms with Crippen LogP contribution in [0.5, 0.6) is 11.5 Å². The number of carbonyl (C=O) groups excluding carboxylic acids is 1. The zero-order chi connectivity index (χ0) is 23.2. The number of thiazole rings is 1. The van der Waals surface area contributed by atoms with Gasteiger partial charge in [-0.15, -0.1) is 21.5 Å². The maximum Gasteiger partial charge on any atom is 0.277 e. The Balaban J connectivity index is 1.33. The molecule has 1 amide bonds. The van der Waals surface area contributed by atoms with Crippen molar-refractivity contribution >= 4 is 34.7 Å². The molecule has 0 unspecified atom stereocenters. The van der Waals surface area contributed by atoms with E-state index in [1.54, 1.807) is 32.4 Å². The Labute approximate surface area is 199 Å². The summed E-state index contributed by atoms with van der Waals surface area (Å²) in [5.74, 6) is 2.11. The lowest BCUT2D eigenvalue weighted by atomic mass is 10.2. The van der Waals surface area contributed by atoms with E-state index in [9.17, 15) is 4.79 Å². The number of anilines is 1. The van der Waals surface area contributed by atoms with Crippen LogP contribution in [0.3, 0.4) is 0 Å². The van der Waals surface area contributed by atoms with Gasteiger partial charge in [0.1, 0.15) is 16.5 Å². The average molecular weight is 483 g/mol. The van der Waals surface area contributed by atoms with Crippen molar-refractivity contribution in [2.45, 2.75) is 24.3 Å². The number of amides is 1. The summed E-state index contributed by atoms with van der Waals surface area (Å²) in [4.78, 5) is 16.8. The number of rotatable bonds is 9. The highest BCUT2D eigenvalue weighted by Gasteiger charge is 2.14. The number of carbonyl (C=O) groups is 1. The molecule has 170 valence electrons. The summed E-state index contributed by atoms with van der Waals surface area (Å²) < 4.78 is 16.4. The smallest absolute Gasteiger partial charge is 0.277 e. The molecule has 0 saturated carbocycles. The Morgan fingerprint density at radius 2 is 1.82 bits per heavy atom. The maximum atomic E-state index is 12.3. The van der Waals surface area contributed by atoms with Gasteiger partial charge in [-0.2, -0.15) is 0 Å². The van der Waals surface area contributed by atoms with E-state index >= 15 is 0 Å². The number of benzene rings is 2. The van der Waals surface area contributed by atoms with Gasteiger partial charge in [0, 0.05) is 28.5 Å². The zero-order valence-electron chi connectivity index (χ0n) is 18.3. The summed E-state index contributed by atoms with van der Waals surface area (Å²) in [6.07, 6.45) is 0.228. The zero-order valence-corrected chi connectivity index (χ0v) is 20.0. The number of nitrogens with one attached hydrogen (secondary N) is 1. The Morgan fingerprint density at radius 3 is 2.52 bits per heavy atom. The minimum absolute atomic E-state index is 0.0948. The van der Waals surface area contributed by atoms with Gasteiger partial charge in [-0.3, -0.25) is 4.79 Å². The lowest BCUT2D eigenvalue weighted by molar-refractivity contribution is -0.115. The van der Waals surface area contributed by atoms with Gasteiger partial charge in [-0.25, -0.2) is 4.98 Å². The first-order valence-corrected chi connectivity index (χ1v) is 11.9. The molecular weight excluding hydrogens is 460 g/mol. The molecular formula is C23H22N4O4S2. The molecule has 0 atom stereocenters. The second-order valence-corrected chi connectivity index (χ2v) is 8.96. The van der Waals surface area contributed by atoms with Gasteiger partial charge in [-0.05, 0) is 31.2 Å². The molecule has 4 aromatic rings. The van der Waals surface area contributed by atoms with Gasteiger partial charge in [-0.1, -0.05) is 29.5 Å². The fourth-order valence-electron chi connectivity index (χ4n) is 2.93. The number of nitrogens with zero attached hydrogens (tertiary/aromatic N) is 3. The molecule has 0 saturated heterocycles. The SMILES string of the molecule is COc1cc(OC)cc(-c2nnc(SCc3csc(CC(=O)Nc4ccc(C)cc4)n3)o2)c1. The molecule has 0 aliphatic rings. The first-order chi connectivity index (χ1) is 16.0. The molecule has 8 nitrogen and oxygen atoms in total. The van der Waals surface area contributed by atoms with Crippen molar-refractivity contribution < 1.29 is 18.7 Å². The number of ether oxygens (including phenoxy) is 2. The van der Waals surface area contributed by atoms with Crippen LogP contribution in [0.2, 0.25) is 0 Å². The fourth-order valence-corrected chi connectivity index (χ4v) is 4.48. The Morgan fingerprint density at radius 1 is 1.09 bits per heavy atom. The lowest BCUT2D eigenvalue weighted by Gasteiger charge is -2.05. The summed E-state index contributed by atoms with van der Waals surface area (Å²) >= 11 is 2.84. The predicted molar refractivity (Wildman–Crippen MR) is 128 cm³/mol. The van der Waals surface area contributed by atoms with Crippen molar-refractivity contribution in [1.82, 2.24) is 15.2 Å². The van der Waals surface area contributed by atoms with Gasteiger partial charge in [0.2, 0.25) is 11.8 Å². The summed E-state index contributed by atoms with van der Waals surface area (Å²) in [6, 6.07) is 13.1. The first-order valence-electron chi connectivity index (χ1n) is 10.0. The molecule has 33 heavy (non-hydrogen) atoms. The number of thioether (sulfide) groups is 1. The molecule has 0 aliphatic heterocycles. The van der Waals surface area contributed by atoms with Crippen LogP contribution in [0, 0.1) is 6.92 Å². The molecule has 2 aromatic heterocycles. The summed E-state index contributed by atoms with van der Waals surface area (Å²) in [7, 11) is 3.17. The normalized spacial score (nSPS) is 10.8. The van der Waals surface area contributed by atoms with Crippen LogP contribution < -0.4 is 14.8 Å². The monoisotopic (exact) mass is 482 g/mol. The van der Waals surface area contributed by atoms with E-state index in [1.807, 2.05) is 36.6 Å². The van der Waals surface area contributed by atoms with Crippen LogP contribution >= 0.6 is 23.1 Å². The third-order valence-corrected chi connectivity index (χ3v) is 6.34. The van der Waals surface area contributed by atoms with Crippen LogP contribution in [0.15, 0.2) is 57.5 Å². The maximum absolute atomic E-state index is 12.3. The minimum Gasteiger partial charge on any atom is -0.497 e. The lowest BCUT2D eigenvalue weighted by Crippen LogP contribution is -2.14. The van der Waals surface area contributed by atoms with E-state index in [0.717, 1.165) is 22.0 Å². The molecule has 2 aromatic carbocycles. The van der Waals surface area contributed by atoms with Crippen molar-refractivity contribution in [3.05, 3.63) is 64.1 Å². The van der Waals surface area contributed by atoms with E-state index in [2.05, 4.69) is 20.5 Å². The van der Waals surface area contributed by atoms with Gasteiger partial charge in [0.05, 0.1) is 26.3 Å². The topological polar surface area (TPSA) is 99.4 Å². The Hall–Kier alpha value is -3.37. The summed E-state index contributed by atoms with van der Waals surface area (Å²) in [5.41, 5.74) is 3.48. The van der Waals surface area contributed by atoms with Crippen molar-refractivity contribution in [2.24, 2.45) is 0 Å². The average Bonchev–Trinajstić information content (AvgIpc) is 3.48. The fraction of sp³-hybridized carbons (Fsp3) is 0.217. The highest BCUT2D eigenvalue weighted by molar-refractivity contribution is 7.98. The van der Waals surface area contributed by atoms with Crippen LogP contribution in [0.1, 0.15) is 16.3 Å². The van der Waals surface area contributed by atoms with Crippen molar-refractivity contribution in [3.8, 4) is 23.0 Å². The highest BCUT2D eigenvalue weighted by Crippen LogP contribution is 2.31. The van der Waals surface area contributed by atoms with E-state index < -0.39 is 0 Å². The van der Waals surface area contributed by atoms with Crippen molar-refractivity contribution in [3.63, 3.8) is 0 Å². The quantitative estimate of drug-likeness (QED) is 0.333. The third kappa shape index (κ3) is 6.11. The second-order valence-electron chi connectivity index (χ2n) is 7.09. The van der Waals surface area contributed by atoms with Crippen LogP contribution in [-0.4, -0.2) is 35.3 Å². The molecule has 2 heterocycles. The summed E-state index contributed by atoms with van der Waals surface area (Å²) in [6.45, 7) is 2.01. The first kappa shape index (κ1) is 22.8. The third-order valence-electron chi connectivity index (χ3n) is 4.59. The molecule has 0 bridgehead atoms. The van der Waals surface area contributed by atoms with Gasteiger partial charge in [0.15, 0.2) is 0 Å². The minimum atomic E-state index is -0.0948. The van der Waals surface area contributed by atoms with E-state index in [-0.39, 0.29) is 12.3 Å². The standard InChI is InChI=1S/C23H22N4O4S2/c1-14-4-6-16(7-5-14)24-20(28)11-21-25-17(12-32-21)13-33-23-27-26-22(31-23)15-8-18(29-2)10-19(9-15)30-3/h4-10,12H,11,13H2,1-3H3,(H,24,28). The number of hydrogen-bond donors (Lipinski definition) is 1. The van der Waals surface area contributed by atoms with Crippen LogP contribution in [-0.2, 0) is 17.0 Å². The van der Waals surface area contributed by atoms with Gasteiger partial charge >= 0.3 is 0 Å². The highest BCUT2D eigenvalue weighted by atomic mass is 32.2. The molecule has 0 aliphatic carbocycles. The van der Waals surface area contributed by atoms with Crippen LogP contribution in [0.25, 0.3) is 11.5 Å². The Kier molecular flexibility index (Phi) is 7.26. The Bertz CT molecular complexity index is 1220. The van der Waals surface area contributed by atoms with Crippen molar-refractivity contribution in [2.75, 3.05) is 19.5 Å². The number of aromatic nitrogens is 3. The van der Waals surface area contributed by atoms with Gasteiger partial charge in [0.25, 0.3) is 5.22 Å². The van der Waals surface area contributed by atoms with Gasteiger partial charge < -0.3 is 19.2 Å². The van der Waals surface area contributed by atoms with Crippen molar-refractivity contribution in [1.29, 1.82) is 0 Å². The number of aryl methyl sites for hydroxylation is 1. The van der Waals surface area contributed by atoms with E-state index in [1.165, 1.54) is 23.1 Å². The number of methoxy groups -OCH3 is 2. The van der Waals surface area contributed by atoms with E-state index in [4.69, 9.17) is 13.9 Å². The molecule has 0 spiro atoms. The molecule has 10 heteroatoms. The second kappa shape index (κ2) is 10.5. The molecule has 1 N–H and O–H groups in total. The van der Waals surface area contributed by atoms with Crippen LogP contribution in [0.4, 0.5) is 5.69 Å². The predicted octanol–water partition coefficient (Wildman–Crippen LogP) is 4.99.